The van der Waals surface area contributed by atoms with Gasteiger partial charge >= 0.3 is 0 Å². The van der Waals surface area contributed by atoms with Gasteiger partial charge in [0.05, 0.1) is 47.1 Å². The Kier molecular flexibility index (Phi) is 19.8. The predicted octanol–water partition coefficient (Wildman–Crippen LogP) is -5.68. The lowest BCUT2D eigenvalue weighted by atomic mass is 9.98. The molecule has 0 saturated carbocycles. The lowest BCUT2D eigenvalue weighted by Crippen LogP contribution is -2.63. The Labute approximate surface area is 404 Å². The van der Waals surface area contributed by atoms with Crippen molar-refractivity contribution >= 4 is 23.7 Å². The van der Waals surface area contributed by atoms with Gasteiger partial charge in [0, 0.05) is 0 Å². The van der Waals surface area contributed by atoms with Gasteiger partial charge in [-0.25, -0.2) is 0 Å². The molecule has 71 heavy (non-hydrogen) atoms. The molecule has 396 valence electrons. The molecule has 2 aromatic rings. The van der Waals surface area contributed by atoms with Gasteiger partial charge in [0.25, 0.3) is 0 Å². The summed E-state index contributed by atoms with van der Waals surface area (Å²) in [7, 11) is 2.67. The van der Waals surface area contributed by atoms with E-state index in [-0.39, 0.29) is 23.0 Å². The number of carbonyl (C=O) groups excluding carboxylic acids is 2. The molecule has 14 N–H and O–H groups in total. The lowest BCUT2D eigenvalue weighted by Gasteiger charge is -2.44. The van der Waals surface area contributed by atoms with Crippen molar-refractivity contribution in [3.63, 3.8) is 0 Å². The Hall–Kier alpha value is -4.34. The number of allylic oxidation sites excluding steroid dienone is 2. The number of carbonyl (C=O) groups is 2. The normalized spacial score (nSPS) is 37.8. The van der Waals surface area contributed by atoms with E-state index in [1.165, 1.54) is 68.9 Å². The average Bonchev–Trinajstić information content (AvgIpc) is 3.36. The third-order valence-corrected chi connectivity index (χ3v) is 12.0. The van der Waals surface area contributed by atoms with Crippen molar-refractivity contribution in [3.05, 3.63) is 59.7 Å². The van der Waals surface area contributed by atoms with E-state index in [1.54, 1.807) is 6.07 Å². The highest BCUT2D eigenvalue weighted by Gasteiger charge is 2.51. The fourth-order valence-electron chi connectivity index (χ4n) is 7.79. The molecule has 4 aliphatic heterocycles. The third kappa shape index (κ3) is 13.4. The molecule has 0 aromatic heterocycles. The van der Waals surface area contributed by atoms with Crippen molar-refractivity contribution in [1.29, 1.82) is 0 Å². The van der Waals surface area contributed by atoms with Crippen LogP contribution in [0.3, 0.4) is 0 Å². The third-order valence-electron chi connectivity index (χ3n) is 12.0. The van der Waals surface area contributed by atoms with E-state index in [4.69, 9.17) is 47.4 Å². The maximum absolute atomic E-state index is 12.6. The zero-order valence-corrected chi connectivity index (χ0v) is 38.0. The molecule has 0 amide bonds. The largest absolute Gasteiger partial charge is 0.504 e. The zero-order chi connectivity index (χ0) is 51.8. The van der Waals surface area contributed by atoms with E-state index in [9.17, 15) is 81.1 Å². The highest BCUT2D eigenvalue weighted by Crippen LogP contribution is 2.34. The van der Waals surface area contributed by atoms with Crippen molar-refractivity contribution in [2.75, 3.05) is 40.6 Å². The summed E-state index contributed by atoms with van der Waals surface area (Å²) in [5.41, 5.74) is 0.988. The molecule has 4 aliphatic rings. The first kappa shape index (κ1) is 56.0. The molecule has 0 spiro atoms. The average molecular weight is 1020 g/mol. The molecule has 0 unspecified atom stereocenters. The SMILES string of the molecule is COc1cc(/C=C/C(=O)CC(=O)/C=C/c2ccc(O[C@@H]3O[C@H](CO[C@@H]4O[C@H](CO[C@@H]5O[C@H](CO[C@@H]6O[C@H](CO)[C@@H](O)[C@H](O)[C@H]6O)[C@@H](O)[C@H](O)[C@H]5O)[C@@H](O)[C@H](O)[C@H]4O)[C@@H](O)[C@H](O)[C@H]3O)c(OC)c2)ccc1O. The summed E-state index contributed by atoms with van der Waals surface area (Å²) in [4.78, 5) is 25.0. The number of phenolic OH excluding ortho intramolecular Hbond substituents is 1. The minimum Gasteiger partial charge on any atom is -0.504 e. The molecule has 2 aromatic carbocycles. The number of ketones is 2. The standard InChI is InChI=1S/C45H60O26/c1-62-24-11-18(5-9-22(24)49)3-7-20(47)13-21(48)8-4-19-6-10-23(25(12-19)63-2)67-45-41(61)37(57)33(53)29(71-45)17-66-44-40(60)36(56)32(52)28(70-44)16-65-43-39(59)35(55)31(51)27(69-43)15-64-42-38(58)34(54)30(50)26(14-46)68-42/h3-12,26-46,49-61H,13-17H2,1-2H3/b7-3+,8-4+/t26-,27-,28-,29-,30-,31-,32-,33-,34+,35+,36+,37+,38-,39-,40-,41-,42-,43-,44-,45-/m1/s1. The number of hydrogen-bond acceptors (Lipinski definition) is 26. The van der Waals surface area contributed by atoms with E-state index in [2.05, 4.69) is 0 Å². The monoisotopic (exact) mass is 1020 g/mol. The van der Waals surface area contributed by atoms with Gasteiger partial charge in [-0.15, -0.1) is 0 Å². The second-order valence-corrected chi connectivity index (χ2v) is 17.0. The summed E-state index contributed by atoms with van der Waals surface area (Å²) < 4.78 is 55.1. The van der Waals surface area contributed by atoms with Crippen LogP contribution in [0, 0.1) is 0 Å². The predicted molar refractivity (Wildman–Crippen MR) is 233 cm³/mol. The van der Waals surface area contributed by atoms with Crippen molar-refractivity contribution in [2.45, 2.75) is 129 Å². The number of ether oxygens (including phenoxy) is 10. The summed E-state index contributed by atoms with van der Waals surface area (Å²) in [5.74, 6) is -0.825. The first-order valence-electron chi connectivity index (χ1n) is 22.1. The second-order valence-electron chi connectivity index (χ2n) is 17.0. The van der Waals surface area contributed by atoms with Crippen molar-refractivity contribution in [1.82, 2.24) is 0 Å². The van der Waals surface area contributed by atoms with Crippen LogP contribution in [-0.2, 0) is 42.7 Å². The smallest absolute Gasteiger partial charge is 0.229 e. The van der Waals surface area contributed by atoms with Crippen LogP contribution in [0.4, 0.5) is 0 Å². The van der Waals surface area contributed by atoms with Gasteiger partial charge in [0.15, 0.2) is 53.4 Å². The summed E-state index contributed by atoms with van der Waals surface area (Å²) in [6, 6.07) is 8.81. The first-order chi connectivity index (χ1) is 33.8. The van der Waals surface area contributed by atoms with Gasteiger partial charge in [-0.05, 0) is 47.5 Å². The zero-order valence-electron chi connectivity index (χ0n) is 38.0. The Morgan fingerprint density at radius 3 is 1.27 bits per heavy atom. The summed E-state index contributed by atoms with van der Waals surface area (Å²) in [5, 5.41) is 146. The van der Waals surface area contributed by atoms with Crippen LogP contribution in [0.25, 0.3) is 12.2 Å². The molecule has 0 bridgehead atoms. The van der Waals surface area contributed by atoms with Crippen LogP contribution in [0.2, 0.25) is 0 Å². The van der Waals surface area contributed by atoms with Crippen molar-refractivity contribution in [2.24, 2.45) is 0 Å². The second kappa shape index (κ2) is 25.1. The molecule has 20 atom stereocenters. The lowest BCUT2D eigenvalue weighted by molar-refractivity contribution is -0.346. The van der Waals surface area contributed by atoms with Crippen LogP contribution in [0.5, 0.6) is 23.0 Å². The van der Waals surface area contributed by atoms with Gasteiger partial charge in [0.2, 0.25) is 6.29 Å². The number of aromatic hydroxyl groups is 1. The van der Waals surface area contributed by atoms with E-state index >= 15 is 0 Å². The van der Waals surface area contributed by atoms with E-state index in [0.29, 0.717) is 11.1 Å². The molecule has 26 heteroatoms. The van der Waals surface area contributed by atoms with Crippen LogP contribution >= 0.6 is 0 Å². The van der Waals surface area contributed by atoms with Crippen LogP contribution in [0.1, 0.15) is 17.5 Å². The van der Waals surface area contributed by atoms with Gasteiger partial charge in [-0.1, -0.05) is 24.3 Å². The number of methoxy groups -OCH3 is 2. The highest BCUT2D eigenvalue weighted by atomic mass is 16.8. The Morgan fingerprint density at radius 2 is 0.845 bits per heavy atom. The van der Waals surface area contributed by atoms with Crippen molar-refractivity contribution in [3.8, 4) is 23.0 Å². The topological polar surface area (TPSA) is 410 Å². The van der Waals surface area contributed by atoms with Crippen LogP contribution < -0.4 is 14.2 Å². The molecular weight excluding hydrogens is 956 g/mol. The molecule has 0 radical (unpaired) electrons. The number of aliphatic hydroxyl groups is 13. The molecule has 4 fully saturated rings. The van der Waals surface area contributed by atoms with E-state index < -0.39 is 167 Å². The van der Waals surface area contributed by atoms with Gasteiger partial charge in [0.1, 0.15) is 97.7 Å². The van der Waals surface area contributed by atoms with Gasteiger partial charge in [-0.3, -0.25) is 9.59 Å². The minimum absolute atomic E-state index is 0.0258. The fourth-order valence-corrected chi connectivity index (χ4v) is 7.79. The fraction of sp³-hybridized carbons (Fsp3) is 0.600. The Bertz CT molecular complexity index is 2120. The maximum Gasteiger partial charge on any atom is 0.229 e. The molecule has 4 heterocycles. The summed E-state index contributed by atoms with van der Waals surface area (Å²) in [6.07, 6.45) is -30.2. The van der Waals surface area contributed by atoms with Crippen LogP contribution in [0.15, 0.2) is 48.6 Å². The number of aliphatic hydroxyl groups excluding tert-OH is 13. The Balaban J connectivity index is 1.02. The number of rotatable bonds is 20. The van der Waals surface area contributed by atoms with E-state index in [1.807, 2.05) is 0 Å². The molecule has 26 nitrogen and oxygen atoms in total. The molecular formula is C45H60O26. The van der Waals surface area contributed by atoms with E-state index in [0.717, 1.165) is 0 Å². The van der Waals surface area contributed by atoms with Gasteiger partial charge in [-0.2, -0.15) is 0 Å². The Morgan fingerprint density at radius 1 is 0.479 bits per heavy atom. The van der Waals surface area contributed by atoms with Gasteiger partial charge < -0.3 is 119 Å². The summed E-state index contributed by atoms with van der Waals surface area (Å²) >= 11 is 0. The van der Waals surface area contributed by atoms with Crippen LogP contribution in [-0.4, -0.2) is 247 Å². The number of phenols is 1. The molecule has 4 saturated heterocycles. The van der Waals surface area contributed by atoms with Crippen molar-refractivity contribution < 1.29 is 128 Å². The molecule has 6 rings (SSSR count). The minimum atomic E-state index is -1.96. The highest BCUT2D eigenvalue weighted by molar-refractivity contribution is 6.10. The quantitative estimate of drug-likeness (QED) is 0.0434. The summed E-state index contributed by atoms with van der Waals surface area (Å²) in [6.45, 7) is -2.86. The number of hydrogen-bond donors (Lipinski definition) is 14. The molecule has 0 aliphatic carbocycles. The number of benzene rings is 2. The first-order valence-corrected chi connectivity index (χ1v) is 22.1. The maximum atomic E-state index is 12.6.